The second kappa shape index (κ2) is 5.75. The number of carboxylic acids is 1. The number of rotatable bonds is 3. The molecule has 0 spiro atoms. The number of aliphatic carboxylic acids is 1. The standard InChI is InChI=1S/C12H20N2O5/c1-7-8(2-3-19-7)5-13-12(18)14-6-9(15)4-10(14)11(16)17/h7-10,15H,2-6H2,1H3,(H,13,18)(H,16,17)/t7?,8?,9?,10-/m0/s1. The molecule has 2 fully saturated rings. The van der Waals surface area contributed by atoms with Gasteiger partial charge in [0.25, 0.3) is 0 Å². The molecule has 0 aromatic rings. The van der Waals surface area contributed by atoms with Gasteiger partial charge in [0.15, 0.2) is 0 Å². The van der Waals surface area contributed by atoms with E-state index in [0.717, 1.165) is 6.42 Å². The Labute approximate surface area is 111 Å². The molecule has 2 heterocycles. The summed E-state index contributed by atoms with van der Waals surface area (Å²) in [5.74, 6) is -0.816. The number of β-amino-alcohol motifs (C(OH)–C–C–N with tert-alkyl or cyclic N) is 1. The number of carbonyl (C=O) groups excluding carboxylic acids is 1. The maximum Gasteiger partial charge on any atom is 0.326 e. The van der Waals surface area contributed by atoms with Crippen molar-refractivity contribution in [3.63, 3.8) is 0 Å². The minimum absolute atomic E-state index is 0.0690. The van der Waals surface area contributed by atoms with Crippen LogP contribution in [0.5, 0.6) is 0 Å². The SMILES string of the molecule is CC1OCCC1CNC(=O)N1CC(O)C[C@H]1C(=O)O. The Balaban J connectivity index is 1.86. The van der Waals surface area contributed by atoms with Crippen molar-refractivity contribution in [1.82, 2.24) is 10.2 Å². The smallest absolute Gasteiger partial charge is 0.326 e. The Morgan fingerprint density at radius 1 is 1.47 bits per heavy atom. The average molecular weight is 272 g/mol. The van der Waals surface area contributed by atoms with Gasteiger partial charge in [0.2, 0.25) is 0 Å². The molecule has 19 heavy (non-hydrogen) atoms. The van der Waals surface area contributed by atoms with Gasteiger partial charge < -0.3 is 25.2 Å². The van der Waals surface area contributed by atoms with Gasteiger partial charge in [-0.1, -0.05) is 0 Å². The van der Waals surface area contributed by atoms with Crippen molar-refractivity contribution in [2.45, 2.75) is 38.0 Å². The fraction of sp³-hybridized carbons (Fsp3) is 0.833. The molecule has 2 aliphatic heterocycles. The number of carboxylic acid groups (broad SMARTS) is 1. The number of hydrogen-bond donors (Lipinski definition) is 3. The monoisotopic (exact) mass is 272 g/mol. The van der Waals surface area contributed by atoms with Crippen LogP contribution in [-0.4, -0.2) is 65.1 Å². The van der Waals surface area contributed by atoms with Crippen LogP contribution in [-0.2, 0) is 9.53 Å². The number of aliphatic hydroxyl groups excluding tert-OH is 1. The summed E-state index contributed by atoms with van der Waals surface area (Å²) in [4.78, 5) is 24.2. The lowest BCUT2D eigenvalue weighted by Gasteiger charge is -2.23. The van der Waals surface area contributed by atoms with Crippen molar-refractivity contribution in [3.05, 3.63) is 0 Å². The van der Waals surface area contributed by atoms with Crippen LogP contribution in [0.25, 0.3) is 0 Å². The van der Waals surface area contributed by atoms with E-state index < -0.39 is 24.1 Å². The lowest BCUT2D eigenvalue weighted by atomic mass is 10.0. The Hall–Kier alpha value is -1.34. The summed E-state index contributed by atoms with van der Waals surface area (Å²) in [7, 11) is 0. The fourth-order valence-corrected chi connectivity index (χ4v) is 2.64. The zero-order valence-electron chi connectivity index (χ0n) is 10.9. The van der Waals surface area contributed by atoms with Crippen LogP contribution in [0.3, 0.4) is 0 Å². The number of likely N-dealkylation sites (tertiary alicyclic amines) is 1. The van der Waals surface area contributed by atoms with E-state index in [0.29, 0.717) is 13.2 Å². The zero-order chi connectivity index (χ0) is 14.0. The van der Waals surface area contributed by atoms with Gasteiger partial charge in [0, 0.05) is 32.0 Å². The first-order valence-corrected chi connectivity index (χ1v) is 6.56. The summed E-state index contributed by atoms with van der Waals surface area (Å²) >= 11 is 0. The largest absolute Gasteiger partial charge is 0.480 e. The molecule has 3 N–H and O–H groups in total. The number of carbonyl (C=O) groups is 2. The summed E-state index contributed by atoms with van der Waals surface area (Å²) in [6.45, 7) is 3.20. The summed E-state index contributed by atoms with van der Waals surface area (Å²) in [5, 5.41) is 21.2. The molecule has 2 rings (SSSR count). The van der Waals surface area contributed by atoms with Crippen LogP contribution in [0, 0.1) is 5.92 Å². The minimum atomic E-state index is -1.08. The highest BCUT2D eigenvalue weighted by atomic mass is 16.5. The Morgan fingerprint density at radius 2 is 2.21 bits per heavy atom. The fourth-order valence-electron chi connectivity index (χ4n) is 2.64. The molecule has 7 nitrogen and oxygen atoms in total. The molecule has 0 saturated carbocycles. The van der Waals surface area contributed by atoms with Crippen LogP contribution in [0.1, 0.15) is 19.8 Å². The maximum absolute atomic E-state index is 12.0. The first kappa shape index (κ1) is 14.1. The van der Waals surface area contributed by atoms with E-state index in [1.54, 1.807) is 0 Å². The number of urea groups is 1. The number of aliphatic hydroxyl groups is 1. The third kappa shape index (κ3) is 3.16. The van der Waals surface area contributed by atoms with Crippen molar-refractivity contribution in [1.29, 1.82) is 0 Å². The number of hydrogen-bond acceptors (Lipinski definition) is 4. The molecule has 108 valence electrons. The number of nitrogens with one attached hydrogen (secondary N) is 1. The number of ether oxygens (including phenoxy) is 1. The molecule has 3 unspecified atom stereocenters. The summed E-state index contributed by atoms with van der Waals surface area (Å²) in [6, 6.07) is -1.37. The van der Waals surface area contributed by atoms with Gasteiger partial charge in [-0.25, -0.2) is 9.59 Å². The molecule has 0 aromatic heterocycles. The minimum Gasteiger partial charge on any atom is -0.480 e. The van der Waals surface area contributed by atoms with Gasteiger partial charge in [-0.15, -0.1) is 0 Å². The molecule has 0 aliphatic carbocycles. The Bertz CT molecular complexity index is 362. The van der Waals surface area contributed by atoms with Gasteiger partial charge in [0.05, 0.1) is 12.2 Å². The van der Waals surface area contributed by atoms with Crippen molar-refractivity contribution >= 4 is 12.0 Å². The number of amides is 2. The molecule has 2 aliphatic rings. The molecular formula is C12H20N2O5. The van der Waals surface area contributed by atoms with Crippen molar-refractivity contribution in [2.75, 3.05) is 19.7 Å². The average Bonchev–Trinajstić information content (AvgIpc) is 2.92. The van der Waals surface area contributed by atoms with Crippen molar-refractivity contribution in [2.24, 2.45) is 5.92 Å². The van der Waals surface area contributed by atoms with Gasteiger partial charge >= 0.3 is 12.0 Å². The second-order valence-electron chi connectivity index (χ2n) is 5.21. The topological polar surface area (TPSA) is 99.1 Å². The highest BCUT2D eigenvalue weighted by molar-refractivity contribution is 5.83. The van der Waals surface area contributed by atoms with Crippen molar-refractivity contribution in [3.8, 4) is 0 Å². The van der Waals surface area contributed by atoms with Crippen LogP contribution >= 0.6 is 0 Å². The zero-order valence-corrected chi connectivity index (χ0v) is 10.9. The van der Waals surface area contributed by atoms with Gasteiger partial charge in [0.1, 0.15) is 6.04 Å². The highest BCUT2D eigenvalue weighted by Gasteiger charge is 2.39. The normalized spacial score (nSPS) is 34.5. The quantitative estimate of drug-likeness (QED) is 0.651. The predicted octanol–water partition coefficient (Wildman–Crippen LogP) is -0.359. The summed E-state index contributed by atoms with van der Waals surface area (Å²) in [5.41, 5.74) is 0. The number of nitrogens with zero attached hydrogens (tertiary/aromatic N) is 1. The van der Waals surface area contributed by atoms with Crippen LogP contribution in [0.2, 0.25) is 0 Å². The lowest BCUT2D eigenvalue weighted by Crippen LogP contribution is -2.47. The first-order valence-electron chi connectivity index (χ1n) is 6.56. The molecule has 0 radical (unpaired) electrons. The molecular weight excluding hydrogens is 252 g/mol. The van der Waals surface area contributed by atoms with Crippen LogP contribution in [0.15, 0.2) is 0 Å². The van der Waals surface area contributed by atoms with E-state index in [2.05, 4.69) is 5.32 Å². The highest BCUT2D eigenvalue weighted by Crippen LogP contribution is 2.21. The van der Waals surface area contributed by atoms with Crippen molar-refractivity contribution < 1.29 is 24.5 Å². The third-order valence-corrected chi connectivity index (χ3v) is 3.87. The second-order valence-corrected chi connectivity index (χ2v) is 5.21. The first-order chi connectivity index (χ1) is 8.99. The van der Waals surface area contributed by atoms with Crippen LogP contribution in [0.4, 0.5) is 4.79 Å². The molecule has 2 saturated heterocycles. The lowest BCUT2D eigenvalue weighted by molar-refractivity contribution is -0.141. The molecule has 0 aromatic carbocycles. The molecule has 2 amide bonds. The maximum atomic E-state index is 12.0. The van der Waals surface area contributed by atoms with E-state index in [-0.39, 0.29) is 25.0 Å². The molecule has 4 atom stereocenters. The van der Waals surface area contributed by atoms with Gasteiger partial charge in [-0.3, -0.25) is 0 Å². The predicted molar refractivity (Wildman–Crippen MR) is 65.7 cm³/mol. The van der Waals surface area contributed by atoms with E-state index in [4.69, 9.17) is 9.84 Å². The van der Waals surface area contributed by atoms with E-state index in [1.807, 2.05) is 6.92 Å². The van der Waals surface area contributed by atoms with E-state index in [1.165, 1.54) is 4.90 Å². The Kier molecular flexibility index (Phi) is 4.26. The van der Waals surface area contributed by atoms with Gasteiger partial charge in [-0.2, -0.15) is 0 Å². The Morgan fingerprint density at radius 3 is 2.79 bits per heavy atom. The molecule has 7 heteroatoms. The van der Waals surface area contributed by atoms with E-state index in [9.17, 15) is 14.7 Å². The third-order valence-electron chi connectivity index (χ3n) is 3.87. The molecule has 0 bridgehead atoms. The summed E-state index contributed by atoms with van der Waals surface area (Å²) in [6.07, 6.45) is 0.332. The van der Waals surface area contributed by atoms with Crippen LogP contribution < -0.4 is 5.32 Å². The van der Waals surface area contributed by atoms with E-state index >= 15 is 0 Å². The summed E-state index contributed by atoms with van der Waals surface area (Å²) < 4.78 is 5.40. The van der Waals surface area contributed by atoms with Gasteiger partial charge in [-0.05, 0) is 13.3 Å².